The zero-order chi connectivity index (χ0) is 19.9. The Kier molecular flexibility index (Phi) is 7.20. The lowest BCUT2D eigenvalue weighted by Gasteiger charge is -2.26. The molecule has 2 aromatic rings. The van der Waals surface area contributed by atoms with Crippen molar-refractivity contribution in [2.24, 2.45) is 0 Å². The molecule has 1 N–H and O–H groups in total. The van der Waals surface area contributed by atoms with Crippen molar-refractivity contribution in [3.63, 3.8) is 0 Å². The summed E-state index contributed by atoms with van der Waals surface area (Å²) in [6.07, 6.45) is 0. The Morgan fingerprint density at radius 2 is 1.75 bits per heavy atom. The normalized spacial score (nSPS) is 16.1. The van der Waals surface area contributed by atoms with Crippen molar-refractivity contribution in [3.8, 4) is 0 Å². The first-order valence-electron chi connectivity index (χ1n) is 9.97. The van der Waals surface area contributed by atoms with Gasteiger partial charge in [0.1, 0.15) is 0 Å². The number of morpholine rings is 1. The molecule has 3 rings (SSSR count). The largest absolute Gasteiger partial charge is 0.379 e. The number of benzene rings is 2. The van der Waals surface area contributed by atoms with Gasteiger partial charge in [0, 0.05) is 31.4 Å². The number of hydrogen-bond acceptors (Lipinski definition) is 4. The molecule has 28 heavy (non-hydrogen) atoms. The molecule has 1 aliphatic rings. The number of carbonyl (C=O) groups is 1. The summed E-state index contributed by atoms with van der Waals surface area (Å²) in [6.45, 7) is 9.05. The van der Waals surface area contributed by atoms with Gasteiger partial charge in [0.25, 0.3) is 0 Å². The molecule has 1 aliphatic heterocycles. The predicted octanol–water partition coefficient (Wildman–Crippen LogP) is 3.46. The molecule has 1 fully saturated rings. The number of hydrogen-bond donors (Lipinski definition) is 1. The topological polar surface area (TPSA) is 44.8 Å². The molecule has 150 valence electrons. The molecule has 2 aromatic carbocycles. The Hall–Kier alpha value is -2.21. The number of amides is 1. The van der Waals surface area contributed by atoms with Crippen LogP contribution >= 0.6 is 0 Å². The number of likely N-dealkylation sites (N-methyl/N-ethyl adjacent to an activating group) is 1. The SMILES string of the molecule is Cc1ccc(C(C)N(C)CC(=O)Nc2ccc(CN3CCOCC3)cc2)cc1. The van der Waals surface area contributed by atoms with Gasteiger partial charge in [-0.25, -0.2) is 0 Å². The first-order valence-corrected chi connectivity index (χ1v) is 9.97. The van der Waals surface area contributed by atoms with Crippen LogP contribution in [0.2, 0.25) is 0 Å². The van der Waals surface area contributed by atoms with Gasteiger partial charge in [0.2, 0.25) is 5.91 Å². The first-order chi connectivity index (χ1) is 13.5. The van der Waals surface area contributed by atoms with Gasteiger partial charge in [-0.15, -0.1) is 0 Å². The second kappa shape index (κ2) is 9.82. The molecule has 1 amide bonds. The average molecular weight is 382 g/mol. The van der Waals surface area contributed by atoms with Crippen LogP contribution in [0.15, 0.2) is 48.5 Å². The van der Waals surface area contributed by atoms with E-state index >= 15 is 0 Å². The molecular weight excluding hydrogens is 350 g/mol. The van der Waals surface area contributed by atoms with Crippen molar-refractivity contribution in [1.29, 1.82) is 0 Å². The molecule has 1 heterocycles. The van der Waals surface area contributed by atoms with Crippen LogP contribution in [0.4, 0.5) is 5.69 Å². The molecule has 0 radical (unpaired) electrons. The molecule has 0 saturated carbocycles. The van der Waals surface area contributed by atoms with Gasteiger partial charge in [-0.05, 0) is 44.2 Å². The van der Waals surface area contributed by atoms with Crippen LogP contribution in [0.3, 0.4) is 0 Å². The Labute approximate surface area is 168 Å². The number of carbonyl (C=O) groups excluding carboxylic acids is 1. The van der Waals surface area contributed by atoms with Crippen LogP contribution in [0.5, 0.6) is 0 Å². The highest BCUT2D eigenvalue weighted by atomic mass is 16.5. The molecule has 5 heteroatoms. The van der Waals surface area contributed by atoms with E-state index in [0.717, 1.165) is 38.5 Å². The van der Waals surface area contributed by atoms with Crippen molar-refractivity contribution < 1.29 is 9.53 Å². The van der Waals surface area contributed by atoms with Crippen molar-refractivity contribution in [3.05, 3.63) is 65.2 Å². The summed E-state index contributed by atoms with van der Waals surface area (Å²) in [5.41, 5.74) is 4.55. The van der Waals surface area contributed by atoms with E-state index in [4.69, 9.17) is 4.74 Å². The number of ether oxygens (including phenoxy) is 1. The quantitative estimate of drug-likeness (QED) is 0.798. The molecular formula is C23H31N3O2. The summed E-state index contributed by atoms with van der Waals surface area (Å²) in [5, 5.41) is 3.00. The maximum Gasteiger partial charge on any atom is 0.238 e. The third-order valence-corrected chi connectivity index (χ3v) is 5.36. The Balaban J connectivity index is 1.49. The van der Waals surface area contributed by atoms with Crippen LogP contribution < -0.4 is 5.32 Å². The van der Waals surface area contributed by atoms with E-state index in [1.807, 2.05) is 19.2 Å². The third-order valence-electron chi connectivity index (χ3n) is 5.36. The fraction of sp³-hybridized carbons (Fsp3) is 0.435. The lowest BCUT2D eigenvalue weighted by molar-refractivity contribution is -0.117. The van der Waals surface area contributed by atoms with Gasteiger partial charge in [-0.2, -0.15) is 0 Å². The average Bonchev–Trinajstić information content (AvgIpc) is 2.70. The van der Waals surface area contributed by atoms with E-state index < -0.39 is 0 Å². The van der Waals surface area contributed by atoms with E-state index in [-0.39, 0.29) is 11.9 Å². The Morgan fingerprint density at radius 3 is 2.39 bits per heavy atom. The highest BCUT2D eigenvalue weighted by molar-refractivity contribution is 5.92. The molecule has 0 aliphatic carbocycles. The zero-order valence-corrected chi connectivity index (χ0v) is 17.1. The lowest BCUT2D eigenvalue weighted by Crippen LogP contribution is -2.35. The molecule has 5 nitrogen and oxygen atoms in total. The number of aryl methyl sites for hydroxylation is 1. The predicted molar refractivity (Wildman–Crippen MR) is 113 cm³/mol. The first kappa shape index (κ1) is 20.5. The van der Waals surface area contributed by atoms with Crippen molar-refractivity contribution in [1.82, 2.24) is 9.80 Å². The molecule has 1 saturated heterocycles. The Morgan fingerprint density at radius 1 is 1.11 bits per heavy atom. The van der Waals surface area contributed by atoms with Gasteiger partial charge in [-0.3, -0.25) is 14.6 Å². The van der Waals surface area contributed by atoms with Crippen LogP contribution in [-0.2, 0) is 16.1 Å². The lowest BCUT2D eigenvalue weighted by atomic mass is 10.1. The molecule has 1 atom stereocenters. The van der Waals surface area contributed by atoms with Crippen LogP contribution in [-0.4, -0.2) is 55.6 Å². The minimum absolute atomic E-state index is 0.00221. The number of nitrogens with zero attached hydrogens (tertiary/aromatic N) is 2. The minimum atomic E-state index is 0.00221. The van der Waals surface area contributed by atoms with E-state index in [1.165, 1.54) is 16.7 Å². The van der Waals surface area contributed by atoms with Crippen molar-refractivity contribution in [2.45, 2.75) is 26.4 Å². The number of nitrogens with one attached hydrogen (secondary N) is 1. The zero-order valence-electron chi connectivity index (χ0n) is 17.1. The van der Waals surface area contributed by atoms with E-state index in [1.54, 1.807) is 0 Å². The van der Waals surface area contributed by atoms with E-state index in [2.05, 4.69) is 65.4 Å². The molecule has 0 bridgehead atoms. The van der Waals surface area contributed by atoms with Gasteiger partial charge in [0.05, 0.1) is 19.8 Å². The van der Waals surface area contributed by atoms with Gasteiger partial charge in [-0.1, -0.05) is 42.0 Å². The summed E-state index contributed by atoms with van der Waals surface area (Å²) in [5.74, 6) is 0.00221. The van der Waals surface area contributed by atoms with Crippen LogP contribution in [0.25, 0.3) is 0 Å². The summed E-state index contributed by atoms with van der Waals surface area (Å²) in [4.78, 5) is 16.9. The number of anilines is 1. The van der Waals surface area contributed by atoms with Crippen molar-refractivity contribution >= 4 is 11.6 Å². The molecule has 0 spiro atoms. The van der Waals surface area contributed by atoms with Gasteiger partial charge >= 0.3 is 0 Å². The summed E-state index contributed by atoms with van der Waals surface area (Å²) >= 11 is 0. The fourth-order valence-corrected chi connectivity index (χ4v) is 3.37. The van der Waals surface area contributed by atoms with Crippen LogP contribution in [0, 0.1) is 6.92 Å². The highest BCUT2D eigenvalue weighted by Crippen LogP contribution is 2.19. The fourth-order valence-electron chi connectivity index (χ4n) is 3.37. The smallest absolute Gasteiger partial charge is 0.238 e. The second-order valence-electron chi connectivity index (χ2n) is 7.64. The van der Waals surface area contributed by atoms with E-state index in [0.29, 0.717) is 6.54 Å². The Bertz CT molecular complexity index is 752. The monoisotopic (exact) mass is 381 g/mol. The molecule has 0 aromatic heterocycles. The number of rotatable bonds is 7. The van der Waals surface area contributed by atoms with Crippen molar-refractivity contribution in [2.75, 3.05) is 45.2 Å². The van der Waals surface area contributed by atoms with Gasteiger partial charge < -0.3 is 10.1 Å². The maximum atomic E-state index is 12.4. The summed E-state index contributed by atoms with van der Waals surface area (Å²) in [7, 11) is 1.98. The highest BCUT2D eigenvalue weighted by Gasteiger charge is 2.15. The van der Waals surface area contributed by atoms with Gasteiger partial charge in [0.15, 0.2) is 0 Å². The maximum absolute atomic E-state index is 12.4. The standard InChI is InChI=1S/C23H31N3O2/c1-18-4-8-21(9-5-18)19(2)25(3)17-23(27)24-22-10-6-20(7-11-22)16-26-12-14-28-15-13-26/h4-11,19H,12-17H2,1-3H3,(H,24,27). The minimum Gasteiger partial charge on any atom is -0.379 e. The van der Waals surface area contributed by atoms with E-state index in [9.17, 15) is 4.79 Å². The van der Waals surface area contributed by atoms with Crippen LogP contribution in [0.1, 0.15) is 29.7 Å². The second-order valence-corrected chi connectivity index (χ2v) is 7.64. The summed E-state index contributed by atoms with van der Waals surface area (Å²) in [6, 6.07) is 16.8. The molecule has 1 unspecified atom stereocenters. The third kappa shape index (κ3) is 5.89. The summed E-state index contributed by atoms with van der Waals surface area (Å²) < 4.78 is 5.39.